The Bertz CT molecular complexity index is 428. The van der Waals surface area contributed by atoms with Crippen LogP contribution < -0.4 is 0 Å². The number of aliphatic carboxylic acids is 1. The zero-order valence-corrected chi connectivity index (χ0v) is 11.6. The number of amides is 1. The molecular weight excluding hydrogens is 246 g/mol. The first-order valence-electron chi connectivity index (χ1n) is 7.02. The zero-order valence-electron chi connectivity index (χ0n) is 11.6. The van der Waals surface area contributed by atoms with Crippen molar-refractivity contribution in [1.29, 1.82) is 0 Å². The van der Waals surface area contributed by atoms with E-state index in [-0.39, 0.29) is 5.92 Å². The molecule has 5 nitrogen and oxygen atoms in total. The topological polar surface area (TPSA) is 66.8 Å². The van der Waals surface area contributed by atoms with E-state index >= 15 is 0 Å². The molecule has 106 valence electrons. The van der Waals surface area contributed by atoms with Crippen molar-refractivity contribution in [2.75, 3.05) is 6.54 Å². The molecule has 2 saturated carbocycles. The van der Waals surface area contributed by atoms with Gasteiger partial charge in [0.15, 0.2) is 0 Å². The maximum Gasteiger partial charge on any atom is 0.411 e. The van der Waals surface area contributed by atoms with Crippen molar-refractivity contribution >= 4 is 12.1 Å². The quantitative estimate of drug-likeness (QED) is 0.788. The standard InChI is InChI=1S/C14H21NO4/c1-14(2,3)19-13(18)15-6-9-7-4-5-8(7)10(9)11(15)12(16)17/h7-11H,4-6H2,1-3H3,(H,16,17)/t7-,8?,9?,10?,11+/m1/s1. The van der Waals surface area contributed by atoms with Gasteiger partial charge in [-0.25, -0.2) is 9.59 Å². The molecule has 1 N–H and O–H groups in total. The van der Waals surface area contributed by atoms with Gasteiger partial charge in [0.05, 0.1) is 0 Å². The molecule has 3 unspecified atom stereocenters. The minimum Gasteiger partial charge on any atom is -0.480 e. The van der Waals surface area contributed by atoms with Crippen molar-refractivity contribution < 1.29 is 19.4 Å². The molecule has 0 aromatic heterocycles. The third-order valence-electron chi connectivity index (χ3n) is 4.91. The number of fused-ring (bicyclic) bond motifs is 4. The number of rotatable bonds is 1. The predicted molar refractivity (Wildman–Crippen MR) is 67.6 cm³/mol. The number of carboxylic acid groups (broad SMARTS) is 1. The molecule has 0 aromatic rings. The van der Waals surface area contributed by atoms with Crippen LogP contribution in [0.15, 0.2) is 0 Å². The Hall–Kier alpha value is -1.26. The molecule has 0 spiro atoms. The average Bonchev–Trinajstić information content (AvgIpc) is 2.51. The van der Waals surface area contributed by atoms with Crippen LogP contribution in [-0.4, -0.2) is 40.3 Å². The Labute approximate surface area is 112 Å². The zero-order chi connectivity index (χ0) is 13.9. The van der Waals surface area contributed by atoms with Gasteiger partial charge in [0.2, 0.25) is 0 Å². The van der Waals surface area contributed by atoms with E-state index in [2.05, 4.69) is 0 Å². The second-order valence-corrected chi connectivity index (χ2v) is 7.06. The lowest BCUT2D eigenvalue weighted by Crippen LogP contribution is -2.56. The minimum absolute atomic E-state index is 0.156. The molecule has 19 heavy (non-hydrogen) atoms. The molecule has 5 atom stereocenters. The largest absolute Gasteiger partial charge is 0.480 e. The molecule has 5 heteroatoms. The number of likely N-dealkylation sites (tertiary alicyclic amines) is 1. The van der Waals surface area contributed by atoms with E-state index in [1.54, 1.807) is 20.8 Å². The third-order valence-corrected chi connectivity index (χ3v) is 4.91. The first kappa shape index (κ1) is 12.8. The molecule has 0 aromatic carbocycles. The second kappa shape index (κ2) is 3.87. The third kappa shape index (κ3) is 1.82. The van der Waals surface area contributed by atoms with Crippen LogP contribution in [0.25, 0.3) is 0 Å². The predicted octanol–water partition coefficient (Wildman–Crippen LogP) is 1.96. The highest BCUT2D eigenvalue weighted by Gasteiger charge is 2.65. The first-order chi connectivity index (χ1) is 8.79. The van der Waals surface area contributed by atoms with Gasteiger partial charge in [-0.05, 0) is 57.3 Å². The molecule has 0 bridgehead atoms. The molecule has 1 aliphatic heterocycles. The summed E-state index contributed by atoms with van der Waals surface area (Å²) in [6, 6.07) is -0.679. The monoisotopic (exact) mass is 267 g/mol. The van der Waals surface area contributed by atoms with E-state index in [0.717, 1.165) is 6.42 Å². The van der Waals surface area contributed by atoms with Crippen molar-refractivity contribution in [3.8, 4) is 0 Å². The van der Waals surface area contributed by atoms with Crippen LogP contribution in [0, 0.1) is 23.7 Å². The summed E-state index contributed by atoms with van der Waals surface area (Å²) in [5.74, 6) is 0.831. The van der Waals surface area contributed by atoms with Gasteiger partial charge in [-0.15, -0.1) is 0 Å². The van der Waals surface area contributed by atoms with E-state index in [1.807, 2.05) is 0 Å². The summed E-state index contributed by atoms with van der Waals surface area (Å²) in [6.45, 7) is 5.96. The van der Waals surface area contributed by atoms with Crippen molar-refractivity contribution in [3.63, 3.8) is 0 Å². The van der Waals surface area contributed by atoms with Crippen LogP contribution >= 0.6 is 0 Å². The first-order valence-corrected chi connectivity index (χ1v) is 7.02. The fourth-order valence-corrected chi connectivity index (χ4v) is 4.10. The van der Waals surface area contributed by atoms with Gasteiger partial charge in [-0.1, -0.05) is 0 Å². The molecular formula is C14H21NO4. The Balaban J connectivity index is 1.77. The maximum atomic E-state index is 12.2. The van der Waals surface area contributed by atoms with Crippen LogP contribution in [0.5, 0.6) is 0 Å². The molecule has 3 fully saturated rings. The average molecular weight is 267 g/mol. The lowest BCUT2D eigenvalue weighted by molar-refractivity contribution is -0.151. The van der Waals surface area contributed by atoms with E-state index < -0.39 is 23.7 Å². The smallest absolute Gasteiger partial charge is 0.411 e. The number of nitrogens with zero attached hydrogens (tertiary/aromatic N) is 1. The summed E-state index contributed by atoms with van der Waals surface area (Å²) < 4.78 is 5.34. The van der Waals surface area contributed by atoms with Crippen LogP contribution in [0.2, 0.25) is 0 Å². The number of hydrogen-bond acceptors (Lipinski definition) is 3. The highest BCUT2D eigenvalue weighted by atomic mass is 16.6. The molecule has 3 aliphatic rings. The SMILES string of the molecule is CC(C)(C)OC(=O)N1CC2C(C3CC[C@H]32)[C@H]1C(=O)O. The van der Waals surface area contributed by atoms with Gasteiger partial charge in [0.25, 0.3) is 0 Å². The fourth-order valence-electron chi connectivity index (χ4n) is 4.10. The minimum atomic E-state index is -0.885. The molecule has 3 rings (SSSR count). The van der Waals surface area contributed by atoms with Crippen molar-refractivity contribution in [2.45, 2.75) is 45.3 Å². The van der Waals surface area contributed by atoms with Gasteiger partial charge >= 0.3 is 12.1 Å². The fraction of sp³-hybridized carbons (Fsp3) is 0.857. The van der Waals surface area contributed by atoms with E-state index in [4.69, 9.17) is 4.74 Å². The number of carboxylic acids is 1. The second-order valence-electron chi connectivity index (χ2n) is 7.06. The Morgan fingerprint density at radius 1 is 1.16 bits per heavy atom. The normalized spacial score (nSPS) is 39.7. The summed E-state index contributed by atoms with van der Waals surface area (Å²) >= 11 is 0. The summed E-state index contributed by atoms with van der Waals surface area (Å²) in [7, 11) is 0. The van der Waals surface area contributed by atoms with Crippen LogP contribution in [0.3, 0.4) is 0 Å². The summed E-state index contributed by atoms with van der Waals surface area (Å²) in [6.07, 6.45) is 1.84. The van der Waals surface area contributed by atoms with Gasteiger partial charge in [0, 0.05) is 6.54 Å². The van der Waals surface area contributed by atoms with Crippen molar-refractivity contribution in [1.82, 2.24) is 4.90 Å². The number of hydrogen-bond donors (Lipinski definition) is 1. The van der Waals surface area contributed by atoms with Gasteiger partial charge in [0.1, 0.15) is 11.6 Å². The molecule has 0 radical (unpaired) electrons. The van der Waals surface area contributed by atoms with Gasteiger partial charge in [-0.2, -0.15) is 0 Å². The van der Waals surface area contributed by atoms with Crippen LogP contribution in [-0.2, 0) is 9.53 Å². The van der Waals surface area contributed by atoms with Crippen LogP contribution in [0.1, 0.15) is 33.6 Å². The highest BCUT2D eigenvalue weighted by Crippen LogP contribution is 2.63. The molecule has 1 heterocycles. The highest BCUT2D eigenvalue weighted by molar-refractivity contribution is 5.82. The van der Waals surface area contributed by atoms with Gasteiger partial charge in [-0.3, -0.25) is 4.90 Å². The Kier molecular flexibility index (Phi) is 2.60. The number of ether oxygens (including phenoxy) is 1. The number of carbonyl (C=O) groups excluding carboxylic acids is 1. The molecule has 1 saturated heterocycles. The summed E-state index contributed by atoms with van der Waals surface area (Å²) in [5.41, 5.74) is -0.583. The summed E-state index contributed by atoms with van der Waals surface area (Å²) in [5, 5.41) is 9.43. The Morgan fingerprint density at radius 2 is 1.79 bits per heavy atom. The lowest BCUT2D eigenvalue weighted by Gasteiger charge is -2.57. The Morgan fingerprint density at radius 3 is 2.26 bits per heavy atom. The van der Waals surface area contributed by atoms with E-state index in [1.165, 1.54) is 11.3 Å². The summed E-state index contributed by atoms with van der Waals surface area (Å²) in [4.78, 5) is 25.1. The molecule has 2 aliphatic carbocycles. The maximum absolute atomic E-state index is 12.2. The molecule has 1 amide bonds. The van der Waals surface area contributed by atoms with E-state index in [9.17, 15) is 14.7 Å². The van der Waals surface area contributed by atoms with Crippen molar-refractivity contribution in [3.05, 3.63) is 0 Å². The van der Waals surface area contributed by atoms with Gasteiger partial charge < -0.3 is 9.84 Å². The van der Waals surface area contributed by atoms with Crippen molar-refractivity contribution in [2.24, 2.45) is 23.7 Å². The van der Waals surface area contributed by atoms with Crippen LogP contribution in [0.4, 0.5) is 4.79 Å². The lowest BCUT2D eigenvalue weighted by atomic mass is 9.47. The van der Waals surface area contributed by atoms with E-state index in [0.29, 0.717) is 24.3 Å². The number of carbonyl (C=O) groups is 2.